The number of amides is 2. The van der Waals surface area contributed by atoms with Gasteiger partial charge in [-0.3, -0.25) is 4.79 Å². The average molecular weight is 240 g/mol. The van der Waals surface area contributed by atoms with E-state index >= 15 is 0 Å². The van der Waals surface area contributed by atoms with Gasteiger partial charge in [-0.05, 0) is 32.1 Å². The molecule has 1 heterocycles. The van der Waals surface area contributed by atoms with Crippen molar-refractivity contribution in [1.29, 1.82) is 0 Å². The molecule has 0 aromatic heterocycles. The third kappa shape index (κ3) is 2.53. The lowest BCUT2D eigenvalue weighted by molar-refractivity contribution is -0.143. The quantitative estimate of drug-likeness (QED) is 0.793. The molecule has 17 heavy (non-hydrogen) atoms. The van der Waals surface area contributed by atoms with Crippen LogP contribution in [0.15, 0.2) is 0 Å². The van der Waals surface area contributed by atoms with Crippen LogP contribution in [0.4, 0.5) is 4.79 Å². The van der Waals surface area contributed by atoms with Crippen molar-refractivity contribution in [3.63, 3.8) is 0 Å². The molecule has 0 bridgehead atoms. The van der Waals surface area contributed by atoms with Gasteiger partial charge in [-0.25, -0.2) is 4.79 Å². The average Bonchev–Trinajstić information content (AvgIpc) is 2.25. The number of nitrogens with zero attached hydrogens (tertiary/aromatic N) is 2. The van der Waals surface area contributed by atoms with Crippen molar-refractivity contribution in [3.8, 4) is 0 Å². The van der Waals surface area contributed by atoms with Gasteiger partial charge in [0.2, 0.25) is 0 Å². The van der Waals surface area contributed by atoms with Gasteiger partial charge in [-0.1, -0.05) is 0 Å². The first-order valence-corrected chi connectivity index (χ1v) is 6.34. The molecule has 0 unspecified atom stereocenters. The second kappa shape index (κ2) is 4.94. The molecule has 1 atom stereocenters. The molecule has 5 nitrogen and oxygen atoms in total. The summed E-state index contributed by atoms with van der Waals surface area (Å²) in [4.78, 5) is 26.6. The van der Waals surface area contributed by atoms with E-state index < -0.39 is 5.97 Å². The van der Waals surface area contributed by atoms with Gasteiger partial charge in [0.05, 0.1) is 5.92 Å². The van der Waals surface area contributed by atoms with Gasteiger partial charge in [0, 0.05) is 26.2 Å². The largest absolute Gasteiger partial charge is 0.481 e. The van der Waals surface area contributed by atoms with E-state index in [1.165, 1.54) is 6.42 Å². The zero-order valence-electron chi connectivity index (χ0n) is 10.3. The van der Waals surface area contributed by atoms with Crippen molar-refractivity contribution >= 4 is 12.0 Å². The van der Waals surface area contributed by atoms with Crippen LogP contribution in [-0.4, -0.2) is 53.1 Å². The lowest BCUT2D eigenvalue weighted by Crippen LogP contribution is -2.51. The van der Waals surface area contributed by atoms with Gasteiger partial charge >= 0.3 is 12.0 Å². The van der Waals surface area contributed by atoms with Crippen molar-refractivity contribution in [2.45, 2.75) is 38.1 Å². The summed E-state index contributed by atoms with van der Waals surface area (Å²) in [6.07, 6.45) is 4.84. The first-order valence-electron chi connectivity index (χ1n) is 6.34. The van der Waals surface area contributed by atoms with E-state index in [1.807, 2.05) is 7.05 Å². The molecule has 2 rings (SSSR count). The Balaban J connectivity index is 1.91. The summed E-state index contributed by atoms with van der Waals surface area (Å²) >= 11 is 0. The number of carbonyl (C=O) groups is 2. The number of carboxylic acid groups (broad SMARTS) is 1. The highest BCUT2D eigenvalue weighted by molar-refractivity contribution is 5.76. The number of hydrogen-bond donors (Lipinski definition) is 1. The van der Waals surface area contributed by atoms with Crippen LogP contribution in [0.1, 0.15) is 32.1 Å². The third-order valence-corrected chi connectivity index (χ3v) is 3.97. The van der Waals surface area contributed by atoms with Gasteiger partial charge in [0.25, 0.3) is 0 Å². The second-order valence-corrected chi connectivity index (χ2v) is 5.10. The molecule has 1 saturated heterocycles. The Morgan fingerprint density at radius 3 is 2.47 bits per heavy atom. The molecular formula is C12H20N2O3. The highest BCUT2D eigenvalue weighted by Gasteiger charge is 2.33. The predicted octanol–water partition coefficient (Wildman–Crippen LogP) is 1.39. The van der Waals surface area contributed by atoms with E-state index in [-0.39, 0.29) is 11.9 Å². The topological polar surface area (TPSA) is 60.9 Å². The monoisotopic (exact) mass is 240 g/mol. The van der Waals surface area contributed by atoms with E-state index in [1.54, 1.807) is 9.80 Å². The van der Waals surface area contributed by atoms with Crippen molar-refractivity contribution in [2.24, 2.45) is 5.92 Å². The number of aliphatic carboxylic acids is 1. The predicted molar refractivity (Wildman–Crippen MR) is 62.7 cm³/mol. The minimum absolute atomic E-state index is 0.000602. The molecule has 2 aliphatic rings. The Labute approximate surface area is 101 Å². The Bertz CT molecular complexity index is 315. The fraction of sp³-hybridized carbons (Fsp3) is 0.833. The zero-order chi connectivity index (χ0) is 12.4. The molecule has 0 aromatic rings. The highest BCUT2D eigenvalue weighted by Crippen LogP contribution is 2.25. The van der Waals surface area contributed by atoms with Crippen molar-refractivity contribution < 1.29 is 14.7 Å². The SMILES string of the molecule is CN(C(=O)N1CCC[C@H](C(=O)O)C1)C1CCC1. The van der Waals surface area contributed by atoms with Gasteiger partial charge in [0.15, 0.2) is 0 Å². The number of carboxylic acids is 1. The summed E-state index contributed by atoms with van der Waals surface area (Å²) in [5.74, 6) is -1.17. The second-order valence-electron chi connectivity index (χ2n) is 5.10. The molecule has 0 radical (unpaired) electrons. The van der Waals surface area contributed by atoms with Crippen molar-refractivity contribution in [1.82, 2.24) is 9.80 Å². The van der Waals surface area contributed by atoms with Crippen LogP contribution in [0.3, 0.4) is 0 Å². The van der Waals surface area contributed by atoms with E-state index in [0.717, 1.165) is 19.3 Å². The molecular weight excluding hydrogens is 220 g/mol. The van der Waals surface area contributed by atoms with Gasteiger partial charge in [0.1, 0.15) is 0 Å². The number of carbonyl (C=O) groups excluding carboxylic acids is 1. The van der Waals surface area contributed by atoms with Crippen molar-refractivity contribution in [3.05, 3.63) is 0 Å². The number of urea groups is 1. The lowest BCUT2D eigenvalue weighted by atomic mass is 9.92. The minimum atomic E-state index is -0.784. The van der Waals surface area contributed by atoms with E-state index in [2.05, 4.69) is 0 Å². The number of hydrogen-bond acceptors (Lipinski definition) is 2. The fourth-order valence-corrected chi connectivity index (χ4v) is 2.51. The van der Waals surface area contributed by atoms with Gasteiger partial charge in [-0.15, -0.1) is 0 Å². The van der Waals surface area contributed by atoms with Crippen LogP contribution in [0.2, 0.25) is 0 Å². The summed E-state index contributed by atoms with van der Waals surface area (Å²) in [6.45, 7) is 1.06. The van der Waals surface area contributed by atoms with Crippen LogP contribution < -0.4 is 0 Å². The number of piperidine rings is 1. The first-order chi connectivity index (χ1) is 8.09. The maximum absolute atomic E-state index is 12.2. The maximum Gasteiger partial charge on any atom is 0.320 e. The molecule has 1 aliphatic heterocycles. The summed E-state index contributed by atoms with van der Waals surface area (Å²) in [5, 5.41) is 8.99. The van der Waals surface area contributed by atoms with Crippen LogP contribution in [0.5, 0.6) is 0 Å². The molecule has 1 N–H and O–H groups in total. The van der Waals surface area contributed by atoms with Crippen LogP contribution in [-0.2, 0) is 4.79 Å². The summed E-state index contributed by atoms with van der Waals surface area (Å²) in [6, 6.07) is 0.369. The molecule has 0 spiro atoms. The fourth-order valence-electron chi connectivity index (χ4n) is 2.51. The minimum Gasteiger partial charge on any atom is -0.481 e. The first kappa shape index (κ1) is 12.2. The zero-order valence-corrected chi connectivity index (χ0v) is 10.3. The Morgan fingerprint density at radius 2 is 1.94 bits per heavy atom. The van der Waals surface area contributed by atoms with E-state index in [0.29, 0.717) is 25.6 Å². The molecule has 96 valence electrons. The Kier molecular flexibility index (Phi) is 3.54. The standard InChI is InChI=1S/C12H20N2O3/c1-13(10-5-2-6-10)12(17)14-7-3-4-9(8-14)11(15)16/h9-10H,2-8H2,1H3,(H,15,16)/t9-/m0/s1. The summed E-state index contributed by atoms with van der Waals surface area (Å²) in [7, 11) is 1.83. The lowest BCUT2D eigenvalue weighted by Gasteiger charge is -2.40. The van der Waals surface area contributed by atoms with Gasteiger partial charge in [-0.2, -0.15) is 0 Å². The Hall–Kier alpha value is -1.26. The van der Waals surface area contributed by atoms with E-state index in [9.17, 15) is 9.59 Å². The Morgan fingerprint density at radius 1 is 1.24 bits per heavy atom. The van der Waals surface area contributed by atoms with Crippen LogP contribution >= 0.6 is 0 Å². The molecule has 1 aliphatic carbocycles. The van der Waals surface area contributed by atoms with Gasteiger partial charge < -0.3 is 14.9 Å². The number of rotatable bonds is 2. The molecule has 2 fully saturated rings. The third-order valence-electron chi connectivity index (χ3n) is 3.97. The molecule has 5 heteroatoms. The van der Waals surface area contributed by atoms with Crippen LogP contribution in [0, 0.1) is 5.92 Å². The van der Waals surface area contributed by atoms with E-state index in [4.69, 9.17) is 5.11 Å². The molecule has 2 amide bonds. The number of likely N-dealkylation sites (tertiary alicyclic amines) is 1. The summed E-state index contributed by atoms with van der Waals surface area (Å²) < 4.78 is 0. The maximum atomic E-state index is 12.2. The van der Waals surface area contributed by atoms with Crippen LogP contribution in [0.25, 0.3) is 0 Å². The summed E-state index contributed by atoms with van der Waals surface area (Å²) in [5.41, 5.74) is 0. The molecule has 1 saturated carbocycles. The van der Waals surface area contributed by atoms with Crippen molar-refractivity contribution in [2.75, 3.05) is 20.1 Å². The molecule has 0 aromatic carbocycles. The highest BCUT2D eigenvalue weighted by atomic mass is 16.4. The normalized spacial score (nSPS) is 25.2. The smallest absolute Gasteiger partial charge is 0.320 e.